The van der Waals surface area contributed by atoms with Gasteiger partial charge >= 0.3 is 0 Å². The lowest BCUT2D eigenvalue weighted by Crippen LogP contribution is -2.39. The van der Waals surface area contributed by atoms with E-state index in [1.807, 2.05) is 0 Å². The Hall–Kier alpha value is -0.940. The topological polar surface area (TPSA) is 49.3 Å². The number of carbonyl (C=O) groups is 1. The van der Waals surface area contributed by atoms with Gasteiger partial charge in [0, 0.05) is 0 Å². The fourth-order valence-corrected chi connectivity index (χ4v) is 1.83. The van der Waals surface area contributed by atoms with Crippen LogP contribution in [0.4, 0.5) is 4.39 Å². The molecule has 0 atom stereocenters. The maximum absolute atomic E-state index is 13.6. The molecule has 16 heavy (non-hydrogen) atoms. The summed E-state index contributed by atoms with van der Waals surface area (Å²) in [5, 5.41) is 11.7. The lowest BCUT2D eigenvalue weighted by Gasteiger charge is -2.14. The monoisotopic (exact) mass is 287 g/mol. The third-order valence-corrected chi connectivity index (χ3v) is 3.34. The first-order chi connectivity index (χ1) is 7.58. The van der Waals surface area contributed by atoms with Crippen molar-refractivity contribution in [2.24, 2.45) is 0 Å². The van der Waals surface area contributed by atoms with Crippen LogP contribution in [0.15, 0.2) is 22.7 Å². The van der Waals surface area contributed by atoms with Gasteiger partial charge in [0.15, 0.2) is 0 Å². The van der Waals surface area contributed by atoms with E-state index in [-0.39, 0.29) is 16.6 Å². The molecule has 0 unspecified atom stereocenters. The molecule has 0 bridgehead atoms. The average molecular weight is 288 g/mol. The summed E-state index contributed by atoms with van der Waals surface area (Å²) in [6.07, 6.45) is 1.48. The molecule has 1 aromatic rings. The molecule has 0 aliphatic heterocycles. The zero-order valence-electron chi connectivity index (χ0n) is 8.46. The van der Waals surface area contributed by atoms with Gasteiger partial charge in [0.25, 0.3) is 5.91 Å². The van der Waals surface area contributed by atoms with Crippen molar-refractivity contribution < 1.29 is 14.3 Å². The standard InChI is InChI=1S/C11H11BrFNO2/c12-8-3-1-2-7(9(8)13)10(16)14-11(6-15)4-5-11/h1-3,15H,4-6H2,(H,14,16). The highest BCUT2D eigenvalue weighted by Gasteiger charge is 2.43. The maximum atomic E-state index is 13.6. The Morgan fingerprint density at radius 3 is 2.81 bits per heavy atom. The summed E-state index contributed by atoms with van der Waals surface area (Å²) >= 11 is 3.02. The van der Waals surface area contributed by atoms with Gasteiger partial charge in [-0.25, -0.2) is 4.39 Å². The average Bonchev–Trinajstić information content (AvgIpc) is 3.02. The second-order valence-corrected chi connectivity index (χ2v) is 4.85. The van der Waals surface area contributed by atoms with Gasteiger partial charge in [-0.15, -0.1) is 0 Å². The molecule has 3 nitrogen and oxygen atoms in total. The van der Waals surface area contributed by atoms with E-state index in [1.54, 1.807) is 6.07 Å². The quantitative estimate of drug-likeness (QED) is 0.891. The molecule has 86 valence electrons. The highest BCUT2D eigenvalue weighted by Crippen LogP contribution is 2.35. The molecule has 0 saturated heterocycles. The second kappa shape index (κ2) is 4.14. The molecule has 1 fully saturated rings. The van der Waals surface area contributed by atoms with Crippen molar-refractivity contribution >= 4 is 21.8 Å². The van der Waals surface area contributed by atoms with E-state index in [0.29, 0.717) is 0 Å². The van der Waals surface area contributed by atoms with Gasteiger partial charge in [-0.05, 0) is 40.9 Å². The van der Waals surface area contributed by atoms with Crippen molar-refractivity contribution in [1.82, 2.24) is 5.32 Å². The molecule has 2 rings (SSSR count). The Balaban J connectivity index is 2.18. The molecule has 1 aliphatic carbocycles. The number of amides is 1. The maximum Gasteiger partial charge on any atom is 0.254 e. The molecule has 1 aliphatic rings. The number of benzene rings is 1. The molecule has 1 aromatic carbocycles. The third kappa shape index (κ3) is 2.10. The fourth-order valence-electron chi connectivity index (χ4n) is 1.46. The second-order valence-electron chi connectivity index (χ2n) is 3.99. The summed E-state index contributed by atoms with van der Waals surface area (Å²) in [6.45, 7) is -0.103. The van der Waals surface area contributed by atoms with Crippen LogP contribution in [0.1, 0.15) is 23.2 Å². The molecule has 5 heteroatoms. The van der Waals surface area contributed by atoms with E-state index in [1.165, 1.54) is 12.1 Å². The van der Waals surface area contributed by atoms with Crippen LogP contribution in [0.2, 0.25) is 0 Å². The molecule has 0 aromatic heterocycles. The highest BCUT2D eigenvalue weighted by molar-refractivity contribution is 9.10. The number of hydrogen-bond donors (Lipinski definition) is 2. The first kappa shape index (κ1) is 11.5. The Labute approximate surface area is 101 Å². The van der Waals surface area contributed by atoms with E-state index in [9.17, 15) is 9.18 Å². The van der Waals surface area contributed by atoms with Gasteiger partial charge < -0.3 is 10.4 Å². The zero-order valence-corrected chi connectivity index (χ0v) is 10.1. The first-order valence-electron chi connectivity index (χ1n) is 4.95. The van der Waals surface area contributed by atoms with Gasteiger partial charge in [-0.3, -0.25) is 4.79 Å². The lowest BCUT2D eigenvalue weighted by atomic mass is 10.1. The Morgan fingerprint density at radius 1 is 1.56 bits per heavy atom. The van der Waals surface area contributed by atoms with E-state index in [2.05, 4.69) is 21.2 Å². The SMILES string of the molecule is O=C(NC1(CO)CC1)c1cccc(Br)c1F. The van der Waals surface area contributed by atoms with Crippen LogP contribution < -0.4 is 5.32 Å². The van der Waals surface area contributed by atoms with E-state index in [0.717, 1.165) is 12.8 Å². The molecule has 0 radical (unpaired) electrons. The summed E-state index contributed by atoms with van der Waals surface area (Å²) < 4.78 is 13.8. The lowest BCUT2D eigenvalue weighted by molar-refractivity contribution is 0.0902. The number of aliphatic hydroxyl groups excluding tert-OH is 1. The summed E-state index contributed by atoms with van der Waals surface area (Å²) in [5.74, 6) is -1.06. The minimum Gasteiger partial charge on any atom is -0.394 e. The van der Waals surface area contributed by atoms with Crippen molar-refractivity contribution in [2.45, 2.75) is 18.4 Å². The molecule has 0 spiro atoms. The van der Waals surface area contributed by atoms with Gasteiger partial charge in [0.05, 0.1) is 22.2 Å². The summed E-state index contributed by atoms with van der Waals surface area (Å²) in [6, 6.07) is 4.55. The summed E-state index contributed by atoms with van der Waals surface area (Å²) in [5.41, 5.74) is -0.527. The molecular formula is C11H11BrFNO2. The minimum absolute atomic E-state index is 0.00546. The number of hydrogen-bond acceptors (Lipinski definition) is 2. The Morgan fingerprint density at radius 2 is 2.25 bits per heavy atom. The van der Waals surface area contributed by atoms with Crippen molar-refractivity contribution in [3.63, 3.8) is 0 Å². The van der Waals surface area contributed by atoms with E-state index < -0.39 is 17.3 Å². The molecular weight excluding hydrogens is 277 g/mol. The zero-order chi connectivity index (χ0) is 11.8. The largest absolute Gasteiger partial charge is 0.394 e. The number of aliphatic hydroxyl groups is 1. The third-order valence-electron chi connectivity index (χ3n) is 2.73. The van der Waals surface area contributed by atoms with E-state index in [4.69, 9.17) is 5.11 Å². The first-order valence-corrected chi connectivity index (χ1v) is 5.75. The van der Waals surface area contributed by atoms with Crippen molar-refractivity contribution in [3.8, 4) is 0 Å². The van der Waals surface area contributed by atoms with Gasteiger partial charge in [-0.2, -0.15) is 0 Å². The predicted octanol–water partition coefficient (Wildman–Crippen LogP) is 1.84. The van der Waals surface area contributed by atoms with Crippen LogP contribution in [0, 0.1) is 5.82 Å². The van der Waals surface area contributed by atoms with Gasteiger partial charge in [0.1, 0.15) is 5.82 Å². The van der Waals surface area contributed by atoms with Crippen molar-refractivity contribution in [3.05, 3.63) is 34.1 Å². The van der Waals surface area contributed by atoms with Crippen LogP contribution in [-0.4, -0.2) is 23.2 Å². The number of rotatable bonds is 3. The Kier molecular flexibility index (Phi) is 2.99. The van der Waals surface area contributed by atoms with Crippen LogP contribution in [0.5, 0.6) is 0 Å². The van der Waals surface area contributed by atoms with Gasteiger partial charge in [-0.1, -0.05) is 6.07 Å². The normalized spacial score (nSPS) is 16.9. The van der Waals surface area contributed by atoms with Crippen LogP contribution in [0.3, 0.4) is 0 Å². The number of carbonyl (C=O) groups excluding carboxylic acids is 1. The van der Waals surface area contributed by atoms with Crippen molar-refractivity contribution in [1.29, 1.82) is 0 Å². The van der Waals surface area contributed by atoms with Crippen molar-refractivity contribution in [2.75, 3.05) is 6.61 Å². The molecule has 1 saturated carbocycles. The number of halogens is 2. The summed E-state index contributed by atoms with van der Waals surface area (Å²) in [7, 11) is 0. The smallest absolute Gasteiger partial charge is 0.254 e. The van der Waals surface area contributed by atoms with Crippen LogP contribution in [-0.2, 0) is 0 Å². The van der Waals surface area contributed by atoms with E-state index >= 15 is 0 Å². The predicted molar refractivity (Wildman–Crippen MR) is 60.6 cm³/mol. The fraction of sp³-hybridized carbons (Fsp3) is 0.364. The van der Waals surface area contributed by atoms with Crippen LogP contribution >= 0.6 is 15.9 Å². The highest BCUT2D eigenvalue weighted by atomic mass is 79.9. The number of nitrogens with one attached hydrogen (secondary N) is 1. The minimum atomic E-state index is -0.575. The molecule has 1 amide bonds. The Bertz CT molecular complexity index is 432. The summed E-state index contributed by atoms with van der Waals surface area (Å²) in [4.78, 5) is 11.7. The van der Waals surface area contributed by atoms with Crippen LogP contribution in [0.25, 0.3) is 0 Å². The molecule has 2 N–H and O–H groups in total. The van der Waals surface area contributed by atoms with Gasteiger partial charge in [0.2, 0.25) is 0 Å². The molecule has 0 heterocycles.